The number of hydrogen-bond donors (Lipinski definition) is 0. The number of nitrogens with zero attached hydrogens (tertiary/aromatic N) is 4. The Kier molecular flexibility index (Phi) is 6.22. The van der Waals surface area contributed by atoms with E-state index in [1.807, 2.05) is 6.07 Å². The van der Waals surface area contributed by atoms with Gasteiger partial charge in [0.15, 0.2) is 11.6 Å². The number of fused-ring (bicyclic) bond motifs is 9. The molecule has 0 atom stereocenters. The number of rotatable bonds is 4. The first-order valence-electron chi connectivity index (χ1n) is 17.7. The van der Waals surface area contributed by atoms with Gasteiger partial charge in [0.05, 0.1) is 16.6 Å². The molecule has 0 N–H and O–H groups in total. The summed E-state index contributed by atoms with van der Waals surface area (Å²) in [6.07, 6.45) is 0. The molecule has 4 nitrogen and oxygen atoms in total. The first-order valence-corrected chi connectivity index (χ1v) is 17.7. The van der Waals surface area contributed by atoms with Crippen LogP contribution in [-0.2, 0) is 0 Å². The maximum Gasteiger partial charge on any atom is 0.166 e. The third kappa shape index (κ3) is 4.28. The van der Waals surface area contributed by atoms with Crippen LogP contribution >= 0.6 is 0 Å². The van der Waals surface area contributed by atoms with E-state index in [4.69, 9.17) is 9.97 Å². The van der Waals surface area contributed by atoms with Gasteiger partial charge in [-0.3, -0.25) is 4.57 Å². The zero-order valence-corrected chi connectivity index (χ0v) is 28.1. The van der Waals surface area contributed by atoms with E-state index in [2.05, 4.69) is 185 Å². The normalized spacial score (nSPS) is 11.8. The van der Waals surface area contributed by atoms with E-state index >= 15 is 0 Å². The summed E-state index contributed by atoms with van der Waals surface area (Å²) in [5.74, 6) is 1.54. The summed E-state index contributed by atoms with van der Waals surface area (Å²) in [6, 6.07) is 64.9. The molecular weight excluding hydrogens is 633 g/mol. The predicted octanol–water partition coefficient (Wildman–Crippen LogP) is 12.3. The van der Waals surface area contributed by atoms with E-state index in [-0.39, 0.29) is 0 Å². The first kappa shape index (κ1) is 28.8. The van der Waals surface area contributed by atoms with Crippen molar-refractivity contribution in [1.82, 2.24) is 19.1 Å². The summed E-state index contributed by atoms with van der Waals surface area (Å²) < 4.78 is 4.78. The third-order valence-electron chi connectivity index (χ3n) is 10.5. The third-order valence-corrected chi connectivity index (χ3v) is 10.5. The Morgan fingerprint density at radius 1 is 0.346 bits per heavy atom. The Hall–Kier alpha value is -7.04. The van der Waals surface area contributed by atoms with E-state index in [1.54, 1.807) is 0 Å². The van der Waals surface area contributed by atoms with Crippen molar-refractivity contribution in [3.63, 3.8) is 0 Å². The summed E-state index contributed by atoms with van der Waals surface area (Å²) >= 11 is 0. The Bertz CT molecular complexity index is 3170. The second-order valence-electron chi connectivity index (χ2n) is 13.4. The highest BCUT2D eigenvalue weighted by Gasteiger charge is 2.25. The van der Waals surface area contributed by atoms with Gasteiger partial charge in [0.25, 0.3) is 0 Å². The van der Waals surface area contributed by atoms with E-state index in [0.29, 0.717) is 5.82 Å². The number of aromatic nitrogens is 4. The Morgan fingerprint density at radius 2 is 1.00 bits per heavy atom. The molecule has 3 heterocycles. The molecule has 0 bridgehead atoms. The van der Waals surface area contributed by atoms with Crippen LogP contribution in [0.25, 0.3) is 99.3 Å². The van der Waals surface area contributed by atoms with Gasteiger partial charge in [-0.05, 0) is 63.7 Å². The average molecular weight is 663 g/mol. The van der Waals surface area contributed by atoms with Gasteiger partial charge in [0.1, 0.15) is 11.0 Å². The molecule has 0 saturated heterocycles. The van der Waals surface area contributed by atoms with Crippen molar-refractivity contribution < 1.29 is 0 Å². The topological polar surface area (TPSA) is 35.6 Å². The first-order chi connectivity index (χ1) is 25.8. The minimum atomic E-state index is 0.695. The number of benzene rings is 8. The van der Waals surface area contributed by atoms with E-state index in [0.717, 1.165) is 55.6 Å². The van der Waals surface area contributed by atoms with Gasteiger partial charge in [-0.1, -0.05) is 146 Å². The van der Waals surface area contributed by atoms with Gasteiger partial charge < -0.3 is 4.57 Å². The lowest BCUT2D eigenvalue weighted by atomic mass is 10.0. The maximum absolute atomic E-state index is 5.57. The maximum atomic E-state index is 5.57. The molecule has 0 radical (unpaired) electrons. The van der Waals surface area contributed by atoms with Gasteiger partial charge >= 0.3 is 0 Å². The van der Waals surface area contributed by atoms with Crippen LogP contribution in [0.15, 0.2) is 182 Å². The molecule has 0 aliphatic rings. The SMILES string of the molecule is c1ccc(-c2cccc(-n3c4c(-n5c6ccccc6c6cc7ccccc7cc65)nc(-c5ccccc5)nc4c4ccc5ccccc5c43)c2)cc1. The monoisotopic (exact) mass is 662 g/mol. The molecule has 11 aromatic rings. The van der Waals surface area contributed by atoms with Crippen LogP contribution in [0.3, 0.4) is 0 Å². The molecule has 0 amide bonds. The molecule has 0 aliphatic heterocycles. The van der Waals surface area contributed by atoms with Crippen LogP contribution in [0.4, 0.5) is 0 Å². The van der Waals surface area contributed by atoms with Crippen LogP contribution in [0.5, 0.6) is 0 Å². The summed E-state index contributed by atoms with van der Waals surface area (Å²) in [4.78, 5) is 11.0. The highest BCUT2D eigenvalue weighted by Crippen LogP contribution is 2.42. The van der Waals surface area contributed by atoms with Crippen LogP contribution < -0.4 is 0 Å². The van der Waals surface area contributed by atoms with E-state index in [9.17, 15) is 0 Å². The van der Waals surface area contributed by atoms with Crippen molar-refractivity contribution in [2.24, 2.45) is 0 Å². The van der Waals surface area contributed by atoms with Crippen molar-refractivity contribution in [1.29, 1.82) is 0 Å². The predicted molar refractivity (Wildman–Crippen MR) is 217 cm³/mol. The van der Waals surface area contributed by atoms with Crippen molar-refractivity contribution in [2.45, 2.75) is 0 Å². The van der Waals surface area contributed by atoms with Gasteiger partial charge in [-0.25, -0.2) is 9.97 Å². The molecule has 242 valence electrons. The molecule has 4 heteroatoms. The zero-order chi connectivity index (χ0) is 34.2. The van der Waals surface area contributed by atoms with Gasteiger partial charge in [-0.2, -0.15) is 0 Å². The fourth-order valence-corrected chi connectivity index (χ4v) is 8.10. The molecular formula is C48H30N4. The molecule has 0 spiro atoms. The fraction of sp³-hybridized carbons (Fsp3) is 0. The van der Waals surface area contributed by atoms with Crippen molar-refractivity contribution in [3.05, 3.63) is 182 Å². The fourth-order valence-electron chi connectivity index (χ4n) is 8.10. The van der Waals surface area contributed by atoms with Crippen LogP contribution in [0, 0.1) is 0 Å². The number of hydrogen-bond acceptors (Lipinski definition) is 2. The molecule has 3 aromatic heterocycles. The smallest absolute Gasteiger partial charge is 0.166 e. The largest absolute Gasteiger partial charge is 0.304 e. The standard InChI is InChI=1S/C48H30N4/c1-3-14-31(15-4-1)34-21-13-22-37(28-34)51-45-38-23-10-9-16-32(38)26-27-40(45)44-46(51)48(50-47(49-44)33-17-5-2-6-18-33)52-42-25-12-11-24-39(42)41-29-35-19-7-8-20-36(35)30-43(41)52/h1-30H. The van der Waals surface area contributed by atoms with E-state index in [1.165, 1.54) is 37.9 Å². The molecule has 0 aliphatic carbocycles. The molecule has 0 unspecified atom stereocenters. The minimum absolute atomic E-state index is 0.695. The Morgan fingerprint density at radius 3 is 1.81 bits per heavy atom. The lowest BCUT2D eigenvalue weighted by Gasteiger charge is -2.16. The molecule has 0 saturated carbocycles. The number of para-hydroxylation sites is 1. The van der Waals surface area contributed by atoms with Crippen molar-refractivity contribution >= 4 is 65.3 Å². The minimum Gasteiger partial charge on any atom is -0.304 e. The summed E-state index contributed by atoms with van der Waals surface area (Å²) in [7, 11) is 0. The highest BCUT2D eigenvalue weighted by atomic mass is 15.1. The van der Waals surface area contributed by atoms with Crippen molar-refractivity contribution in [3.8, 4) is 34.0 Å². The van der Waals surface area contributed by atoms with Crippen LogP contribution in [0.1, 0.15) is 0 Å². The average Bonchev–Trinajstić information content (AvgIpc) is 3.73. The van der Waals surface area contributed by atoms with Gasteiger partial charge in [-0.15, -0.1) is 0 Å². The molecule has 8 aromatic carbocycles. The highest BCUT2D eigenvalue weighted by molar-refractivity contribution is 6.20. The summed E-state index contributed by atoms with van der Waals surface area (Å²) in [5.41, 5.74) is 9.57. The van der Waals surface area contributed by atoms with Gasteiger partial charge in [0, 0.05) is 32.8 Å². The molecule has 11 rings (SSSR count). The Labute approximate surface area is 299 Å². The van der Waals surface area contributed by atoms with Crippen LogP contribution in [-0.4, -0.2) is 19.1 Å². The summed E-state index contributed by atoms with van der Waals surface area (Å²) in [5, 5.41) is 8.23. The Balaban J connectivity index is 1.37. The van der Waals surface area contributed by atoms with Crippen LogP contribution in [0.2, 0.25) is 0 Å². The lowest BCUT2D eigenvalue weighted by molar-refractivity contribution is 1.05. The second-order valence-corrected chi connectivity index (χ2v) is 13.4. The lowest BCUT2D eigenvalue weighted by Crippen LogP contribution is -2.06. The quantitative estimate of drug-likeness (QED) is 0.188. The van der Waals surface area contributed by atoms with Gasteiger partial charge in [0.2, 0.25) is 0 Å². The van der Waals surface area contributed by atoms with E-state index < -0.39 is 0 Å². The van der Waals surface area contributed by atoms with Crippen molar-refractivity contribution in [2.75, 3.05) is 0 Å². The molecule has 0 fully saturated rings. The second kappa shape index (κ2) is 11.2. The zero-order valence-electron chi connectivity index (χ0n) is 28.1. The summed E-state index contributed by atoms with van der Waals surface area (Å²) in [6.45, 7) is 0. The molecule has 52 heavy (non-hydrogen) atoms.